The Kier molecular flexibility index (Phi) is 7.43. The third kappa shape index (κ3) is 4.89. The molecule has 0 aromatic carbocycles. The van der Waals surface area contributed by atoms with Gasteiger partial charge in [0.05, 0.1) is 0 Å². The lowest BCUT2D eigenvalue weighted by Gasteiger charge is -2.43. The van der Waals surface area contributed by atoms with Gasteiger partial charge in [0.25, 0.3) is 0 Å². The van der Waals surface area contributed by atoms with E-state index in [-0.39, 0.29) is 23.9 Å². The number of carbonyl (C=O) groups is 2. The standard InChI is InChI=1S/C28H46N2O2/c31-27(23-15-7-11-19-9-1-3-13-21(19)23)29-25-17-5-6-18-26(25)30-28(32)24-16-8-12-20-10-2-4-14-22(20)24/h19-26H,1-18H2,(H,29,31)(H,30,32). The molecule has 8 atom stereocenters. The van der Waals surface area contributed by atoms with Crippen molar-refractivity contribution in [3.05, 3.63) is 0 Å². The van der Waals surface area contributed by atoms with Crippen LogP contribution in [0.3, 0.4) is 0 Å². The first kappa shape index (κ1) is 22.7. The third-order valence-corrected chi connectivity index (χ3v) is 10.2. The summed E-state index contributed by atoms with van der Waals surface area (Å²) in [6.45, 7) is 0. The van der Waals surface area contributed by atoms with E-state index in [4.69, 9.17) is 0 Å². The van der Waals surface area contributed by atoms with E-state index in [0.717, 1.165) is 37.5 Å². The van der Waals surface area contributed by atoms with E-state index in [0.29, 0.717) is 23.7 Å². The van der Waals surface area contributed by atoms with Crippen molar-refractivity contribution in [3.63, 3.8) is 0 Å². The molecule has 5 aliphatic rings. The highest BCUT2D eigenvalue weighted by Crippen LogP contribution is 2.45. The summed E-state index contributed by atoms with van der Waals surface area (Å²) in [7, 11) is 0. The van der Waals surface area contributed by atoms with Gasteiger partial charge >= 0.3 is 0 Å². The third-order valence-electron chi connectivity index (χ3n) is 10.2. The number of nitrogens with one attached hydrogen (secondary N) is 2. The summed E-state index contributed by atoms with van der Waals surface area (Å²) in [6, 6.07) is 0.268. The molecule has 0 bridgehead atoms. The van der Waals surface area contributed by atoms with Crippen LogP contribution in [0, 0.1) is 35.5 Å². The second kappa shape index (κ2) is 10.5. The second-order valence-corrected chi connectivity index (χ2v) is 12.0. The van der Waals surface area contributed by atoms with Crippen molar-refractivity contribution in [3.8, 4) is 0 Å². The quantitative estimate of drug-likeness (QED) is 0.583. The SMILES string of the molecule is O=C(NC1CCCCC1NC(=O)C1CCCC2CCCCC21)C1CCCC2CCCCC21. The van der Waals surface area contributed by atoms with Crippen LogP contribution in [0.4, 0.5) is 0 Å². The van der Waals surface area contributed by atoms with Crippen LogP contribution in [-0.2, 0) is 9.59 Å². The molecule has 0 radical (unpaired) electrons. The molecule has 2 amide bonds. The zero-order chi connectivity index (χ0) is 21.9. The Morgan fingerprint density at radius 3 is 1.28 bits per heavy atom. The summed E-state index contributed by atoms with van der Waals surface area (Å²) in [4.78, 5) is 26.8. The molecule has 180 valence electrons. The molecule has 2 N–H and O–H groups in total. The first-order valence-electron chi connectivity index (χ1n) is 14.3. The summed E-state index contributed by atoms with van der Waals surface area (Å²) in [5.41, 5.74) is 0. The van der Waals surface area contributed by atoms with E-state index >= 15 is 0 Å². The van der Waals surface area contributed by atoms with Crippen LogP contribution in [0.15, 0.2) is 0 Å². The Hall–Kier alpha value is -1.06. The molecule has 0 saturated heterocycles. The summed E-state index contributed by atoms with van der Waals surface area (Å²) < 4.78 is 0. The molecule has 0 aromatic heterocycles. The number of amides is 2. The molecule has 5 aliphatic carbocycles. The highest BCUT2D eigenvalue weighted by Gasteiger charge is 2.42. The van der Waals surface area contributed by atoms with Crippen LogP contribution >= 0.6 is 0 Å². The maximum Gasteiger partial charge on any atom is 0.223 e. The number of rotatable bonds is 4. The first-order chi connectivity index (χ1) is 15.7. The van der Waals surface area contributed by atoms with Gasteiger partial charge in [0.1, 0.15) is 0 Å². The van der Waals surface area contributed by atoms with Gasteiger partial charge in [-0.2, -0.15) is 0 Å². The minimum Gasteiger partial charge on any atom is -0.351 e. The Morgan fingerprint density at radius 2 is 0.812 bits per heavy atom. The van der Waals surface area contributed by atoms with Gasteiger partial charge in [-0.25, -0.2) is 0 Å². The normalized spacial score (nSPS) is 42.2. The molecule has 0 aromatic rings. The lowest BCUT2D eigenvalue weighted by atomic mass is 9.65. The molecular weight excluding hydrogens is 396 g/mol. The van der Waals surface area contributed by atoms with Gasteiger partial charge in [0, 0.05) is 23.9 Å². The van der Waals surface area contributed by atoms with Gasteiger partial charge in [0.2, 0.25) is 11.8 Å². The summed E-state index contributed by atoms with van der Waals surface area (Å²) in [6.07, 6.45) is 22.1. The van der Waals surface area contributed by atoms with E-state index in [1.54, 1.807) is 0 Å². The Balaban J connectivity index is 1.20. The Morgan fingerprint density at radius 1 is 0.438 bits per heavy atom. The largest absolute Gasteiger partial charge is 0.351 e. The number of hydrogen-bond acceptors (Lipinski definition) is 2. The highest BCUT2D eigenvalue weighted by molar-refractivity contribution is 5.81. The van der Waals surface area contributed by atoms with Gasteiger partial charge in [-0.05, 0) is 62.2 Å². The minimum atomic E-state index is 0.134. The van der Waals surface area contributed by atoms with Crippen LogP contribution in [0.1, 0.15) is 116 Å². The molecule has 4 heteroatoms. The molecule has 32 heavy (non-hydrogen) atoms. The van der Waals surface area contributed by atoms with Gasteiger partial charge < -0.3 is 10.6 Å². The molecule has 0 spiro atoms. The predicted octanol–water partition coefficient (Wildman–Crippen LogP) is 5.74. The maximum atomic E-state index is 13.4. The zero-order valence-corrected chi connectivity index (χ0v) is 20.2. The zero-order valence-electron chi connectivity index (χ0n) is 20.2. The van der Waals surface area contributed by atoms with Crippen molar-refractivity contribution >= 4 is 11.8 Å². The van der Waals surface area contributed by atoms with Gasteiger partial charge in [0.15, 0.2) is 0 Å². The monoisotopic (exact) mass is 442 g/mol. The average molecular weight is 443 g/mol. The van der Waals surface area contributed by atoms with Gasteiger partial charge in [-0.1, -0.05) is 77.0 Å². The maximum absolute atomic E-state index is 13.4. The van der Waals surface area contributed by atoms with E-state index < -0.39 is 0 Å². The molecule has 5 rings (SSSR count). The molecule has 5 fully saturated rings. The topological polar surface area (TPSA) is 58.2 Å². The van der Waals surface area contributed by atoms with Crippen molar-refractivity contribution in [2.75, 3.05) is 0 Å². The van der Waals surface area contributed by atoms with Gasteiger partial charge in [-0.3, -0.25) is 9.59 Å². The van der Waals surface area contributed by atoms with E-state index in [9.17, 15) is 9.59 Å². The number of carbonyl (C=O) groups excluding carboxylic acids is 2. The van der Waals surface area contributed by atoms with Crippen LogP contribution in [-0.4, -0.2) is 23.9 Å². The predicted molar refractivity (Wildman–Crippen MR) is 128 cm³/mol. The van der Waals surface area contributed by atoms with Crippen LogP contribution < -0.4 is 10.6 Å². The first-order valence-corrected chi connectivity index (χ1v) is 14.3. The molecule has 8 unspecified atom stereocenters. The fourth-order valence-electron chi connectivity index (χ4n) is 8.58. The molecule has 0 aliphatic heterocycles. The van der Waals surface area contributed by atoms with E-state index in [1.807, 2.05) is 0 Å². The fraction of sp³-hybridized carbons (Fsp3) is 0.929. The van der Waals surface area contributed by atoms with Gasteiger partial charge in [-0.15, -0.1) is 0 Å². The summed E-state index contributed by atoms with van der Waals surface area (Å²) in [5, 5.41) is 6.97. The second-order valence-electron chi connectivity index (χ2n) is 12.0. The Bertz CT molecular complexity index is 604. The fourth-order valence-corrected chi connectivity index (χ4v) is 8.58. The average Bonchev–Trinajstić information content (AvgIpc) is 2.84. The van der Waals surface area contributed by atoms with E-state index in [2.05, 4.69) is 10.6 Å². The van der Waals surface area contributed by atoms with Crippen LogP contribution in [0.5, 0.6) is 0 Å². The van der Waals surface area contributed by atoms with Crippen LogP contribution in [0.25, 0.3) is 0 Å². The number of fused-ring (bicyclic) bond motifs is 2. The Labute approximate surface area is 195 Å². The van der Waals surface area contributed by atoms with Crippen LogP contribution in [0.2, 0.25) is 0 Å². The van der Waals surface area contributed by atoms with Crippen molar-refractivity contribution in [2.45, 2.75) is 128 Å². The summed E-state index contributed by atoms with van der Waals surface area (Å²) in [5.74, 6) is 3.83. The van der Waals surface area contributed by atoms with Crippen molar-refractivity contribution in [2.24, 2.45) is 35.5 Å². The van der Waals surface area contributed by atoms with Crippen molar-refractivity contribution in [1.29, 1.82) is 0 Å². The lowest BCUT2D eigenvalue weighted by molar-refractivity contribution is -0.133. The summed E-state index contributed by atoms with van der Waals surface area (Å²) >= 11 is 0. The van der Waals surface area contributed by atoms with Crippen molar-refractivity contribution in [1.82, 2.24) is 10.6 Å². The van der Waals surface area contributed by atoms with E-state index in [1.165, 1.54) is 89.9 Å². The smallest absolute Gasteiger partial charge is 0.223 e. The van der Waals surface area contributed by atoms with Crippen molar-refractivity contribution < 1.29 is 9.59 Å². The lowest BCUT2D eigenvalue weighted by Crippen LogP contribution is -2.56. The highest BCUT2D eigenvalue weighted by atomic mass is 16.2. The number of hydrogen-bond donors (Lipinski definition) is 2. The minimum absolute atomic E-state index is 0.134. The molecule has 4 nitrogen and oxygen atoms in total. The molecule has 0 heterocycles. The molecule has 5 saturated carbocycles. The molecular formula is C28H46N2O2.